The van der Waals surface area contributed by atoms with E-state index in [1.807, 2.05) is 6.92 Å². The Hall–Kier alpha value is -4.04. The second kappa shape index (κ2) is 12.4. The van der Waals surface area contributed by atoms with E-state index < -0.39 is 88.7 Å². The van der Waals surface area contributed by atoms with Crippen molar-refractivity contribution in [1.29, 1.82) is 0 Å². The number of phenols is 2. The van der Waals surface area contributed by atoms with E-state index in [0.29, 0.717) is 6.54 Å². The number of phenolic OH excluding ortho intramolecular Hbond substituents is 2. The Morgan fingerprint density at radius 2 is 1.82 bits per heavy atom. The molecule has 2 amide bonds. The molecule has 13 nitrogen and oxygen atoms in total. The summed E-state index contributed by atoms with van der Waals surface area (Å²) in [5.41, 5.74) is -3.28. The number of carbonyl (C=O) groups is 4. The largest absolute Gasteiger partial charge is 0.507 e. The maximum atomic E-state index is 13.8. The molecule has 0 aromatic heterocycles. The molecular formula is C32H38N2O11. The van der Waals surface area contributed by atoms with Gasteiger partial charge in [-0.15, -0.1) is 0 Å². The lowest BCUT2D eigenvalue weighted by atomic mass is 9.72. The van der Waals surface area contributed by atoms with Crippen molar-refractivity contribution < 1.29 is 53.8 Å². The number of methoxy groups -OCH3 is 1. The molecule has 45 heavy (non-hydrogen) atoms. The van der Waals surface area contributed by atoms with E-state index in [2.05, 4.69) is 10.6 Å². The van der Waals surface area contributed by atoms with Crippen LogP contribution in [0.25, 0.3) is 0 Å². The first kappa shape index (κ1) is 32.4. The van der Waals surface area contributed by atoms with Gasteiger partial charge in [-0.3, -0.25) is 14.4 Å². The van der Waals surface area contributed by atoms with Crippen LogP contribution in [0, 0.1) is 0 Å². The van der Waals surface area contributed by atoms with Crippen molar-refractivity contribution in [2.75, 3.05) is 13.7 Å². The maximum absolute atomic E-state index is 13.8. The number of benzene rings is 2. The highest BCUT2D eigenvalue weighted by atomic mass is 16.7. The first-order valence-electron chi connectivity index (χ1n) is 15.0. The van der Waals surface area contributed by atoms with Gasteiger partial charge in [0.15, 0.2) is 17.9 Å². The van der Waals surface area contributed by atoms with Crippen LogP contribution in [0.1, 0.15) is 95.5 Å². The number of ether oxygens (including phenoxy) is 3. The Kier molecular flexibility index (Phi) is 8.91. The van der Waals surface area contributed by atoms with Crippen LogP contribution in [0.5, 0.6) is 17.2 Å². The van der Waals surface area contributed by atoms with E-state index in [4.69, 9.17) is 14.2 Å². The van der Waals surface area contributed by atoms with Gasteiger partial charge in [-0.05, 0) is 26.3 Å². The molecule has 3 aliphatic rings. The number of aromatic hydroxyl groups is 2. The molecule has 0 saturated carbocycles. The molecule has 0 radical (unpaired) electrons. The quantitative estimate of drug-likeness (QED) is 0.158. The number of nitrogens with one attached hydrogen (secondary N) is 2. The molecule has 6 atom stereocenters. The highest BCUT2D eigenvalue weighted by Gasteiger charge is 2.49. The molecular weight excluding hydrogens is 588 g/mol. The van der Waals surface area contributed by atoms with Crippen LogP contribution in [0.2, 0.25) is 0 Å². The molecule has 13 heteroatoms. The minimum Gasteiger partial charge on any atom is -0.507 e. The summed E-state index contributed by atoms with van der Waals surface area (Å²) in [7, 11) is 1.33. The first-order chi connectivity index (χ1) is 21.3. The molecule has 1 saturated heterocycles. The van der Waals surface area contributed by atoms with E-state index in [9.17, 15) is 39.6 Å². The molecule has 2 aromatic rings. The minimum atomic E-state index is -2.06. The maximum Gasteiger partial charge on any atom is 0.315 e. The van der Waals surface area contributed by atoms with Gasteiger partial charge < -0.3 is 45.3 Å². The monoisotopic (exact) mass is 626 g/mol. The molecule has 0 spiro atoms. The highest BCUT2D eigenvalue weighted by molar-refractivity contribution is 6.31. The minimum absolute atomic E-state index is 0.0348. The number of rotatable bonds is 8. The number of ketones is 3. The lowest BCUT2D eigenvalue weighted by Crippen LogP contribution is -2.57. The van der Waals surface area contributed by atoms with Gasteiger partial charge in [-0.25, -0.2) is 4.79 Å². The smallest absolute Gasteiger partial charge is 0.315 e. The van der Waals surface area contributed by atoms with Gasteiger partial charge in [0.25, 0.3) is 0 Å². The average Bonchev–Trinajstić information content (AvgIpc) is 2.99. The van der Waals surface area contributed by atoms with Gasteiger partial charge in [0.05, 0.1) is 42.0 Å². The van der Waals surface area contributed by atoms with E-state index in [1.54, 1.807) is 6.92 Å². The lowest BCUT2D eigenvalue weighted by Gasteiger charge is -2.42. The van der Waals surface area contributed by atoms with Gasteiger partial charge >= 0.3 is 6.03 Å². The van der Waals surface area contributed by atoms with Crippen LogP contribution in [0.4, 0.5) is 4.79 Å². The SMILES string of the molecule is CCCCNC(=O)NC1CC(OC2C[C@](O)(C(C)=O)Cc3c(O)c4c(c(O)c32)C(=O)c2c(OC)cccc2C4=O)OC(C)C1O. The van der Waals surface area contributed by atoms with Gasteiger partial charge in [-0.2, -0.15) is 0 Å². The zero-order valence-electron chi connectivity index (χ0n) is 25.5. The van der Waals surface area contributed by atoms with Gasteiger partial charge in [0, 0.05) is 42.5 Å². The Labute approximate surface area is 259 Å². The number of unbranched alkanes of at least 4 members (excludes halogenated alkanes) is 1. The third-order valence-corrected chi connectivity index (χ3v) is 8.89. The predicted molar refractivity (Wildman–Crippen MR) is 158 cm³/mol. The van der Waals surface area contributed by atoms with E-state index in [-0.39, 0.29) is 40.8 Å². The Bertz CT molecular complexity index is 1560. The Morgan fingerprint density at radius 3 is 2.49 bits per heavy atom. The fourth-order valence-electron chi connectivity index (χ4n) is 6.37. The third kappa shape index (κ3) is 5.65. The number of amides is 2. The van der Waals surface area contributed by atoms with Crippen molar-refractivity contribution in [2.24, 2.45) is 0 Å². The summed E-state index contributed by atoms with van der Waals surface area (Å²) in [4.78, 5) is 52.6. The number of aliphatic hydroxyl groups is 2. The molecule has 2 aliphatic carbocycles. The molecule has 5 unspecified atom stereocenters. The molecule has 1 aliphatic heterocycles. The van der Waals surface area contributed by atoms with E-state index >= 15 is 0 Å². The van der Waals surface area contributed by atoms with E-state index in [0.717, 1.165) is 12.8 Å². The standard InChI is InChI=1S/C32H38N2O11/c1-5-6-10-33-31(41)34-18-11-21(44-14(2)26(18)36)45-20-13-32(42,15(3)35)12-17-23(20)30(40)25-24(28(17)38)27(37)16-8-7-9-19(43-4)22(16)29(25)39/h7-9,14,18,20-21,26,36,38,40,42H,5-6,10-13H2,1-4H3,(H2,33,34,41)/t14?,18?,20?,21?,26?,32-/m0/s1. The van der Waals surface area contributed by atoms with Crippen LogP contribution >= 0.6 is 0 Å². The molecule has 6 N–H and O–H groups in total. The first-order valence-corrected chi connectivity index (χ1v) is 15.0. The summed E-state index contributed by atoms with van der Waals surface area (Å²) < 4.78 is 17.4. The second-order valence-corrected chi connectivity index (χ2v) is 11.8. The topological polar surface area (TPSA) is 201 Å². The molecule has 1 fully saturated rings. The number of Topliss-reactive ketones (excluding diaryl/α,β-unsaturated/α-hetero) is 1. The Morgan fingerprint density at radius 1 is 1.11 bits per heavy atom. The molecule has 242 valence electrons. The van der Waals surface area contributed by atoms with Gasteiger partial charge in [0.2, 0.25) is 5.78 Å². The fraction of sp³-hybridized carbons (Fsp3) is 0.500. The predicted octanol–water partition coefficient (Wildman–Crippen LogP) is 2.17. The fourth-order valence-corrected chi connectivity index (χ4v) is 6.37. The summed E-state index contributed by atoms with van der Waals surface area (Å²) in [6.45, 7) is 5.18. The van der Waals surface area contributed by atoms with E-state index in [1.165, 1.54) is 32.2 Å². The van der Waals surface area contributed by atoms with Crippen LogP contribution < -0.4 is 15.4 Å². The van der Waals surface area contributed by atoms with Gasteiger partial charge in [-0.1, -0.05) is 25.5 Å². The normalized spacial score (nSPS) is 27.2. The van der Waals surface area contributed by atoms with Crippen LogP contribution in [0.15, 0.2) is 18.2 Å². The van der Waals surface area contributed by atoms with Gasteiger partial charge in [0.1, 0.15) is 29.0 Å². The van der Waals surface area contributed by atoms with Crippen LogP contribution in [-0.4, -0.2) is 87.6 Å². The number of fused-ring (bicyclic) bond motifs is 3. The van der Waals surface area contributed by atoms with Crippen molar-refractivity contribution in [1.82, 2.24) is 10.6 Å². The summed E-state index contributed by atoms with van der Waals surface area (Å²) in [5.74, 6) is -3.35. The van der Waals surface area contributed by atoms with Crippen molar-refractivity contribution in [3.63, 3.8) is 0 Å². The number of urea groups is 1. The van der Waals surface area contributed by atoms with Crippen molar-refractivity contribution in [2.45, 2.75) is 89.1 Å². The second-order valence-electron chi connectivity index (χ2n) is 11.8. The Balaban J connectivity index is 1.54. The number of hydrogen-bond donors (Lipinski definition) is 6. The summed E-state index contributed by atoms with van der Waals surface area (Å²) >= 11 is 0. The molecule has 1 heterocycles. The zero-order valence-corrected chi connectivity index (χ0v) is 25.5. The average molecular weight is 627 g/mol. The van der Waals surface area contributed by atoms with Crippen molar-refractivity contribution in [3.05, 3.63) is 51.6 Å². The third-order valence-electron chi connectivity index (χ3n) is 8.89. The van der Waals surface area contributed by atoms with Crippen LogP contribution in [-0.2, 0) is 20.7 Å². The van der Waals surface area contributed by atoms with Crippen molar-refractivity contribution in [3.8, 4) is 17.2 Å². The lowest BCUT2D eigenvalue weighted by molar-refractivity contribution is -0.248. The highest BCUT2D eigenvalue weighted by Crippen LogP contribution is 2.52. The zero-order chi connectivity index (χ0) is 32.8. The molecule has 0 bridgehead atoms. The van der Waals surface area contributed by atoms with Crippen molar-refractivity contribution >= 4 is 23.4 Å². The summed E-state index contributed by atoms with van der Waals surface area (Å²) in [5, 5.41) is 50.7. The number of hydrogen-bond acceptors (Lipinski definition) is 11. The summed E-state index contributed by atoms with van der Waals surface area (Å²) in [6.07, 6.45) is -3.55. The summed E-state index contributed by atoms with van der Waals surface area (Å²) in [6, 6.07) is 3.12. The molecule has 2 aromatic carbocycles. The number of carbonyl (C=O) groups excluding carboxylic acids is 4. The van der Waals surface area contributed by atoms with Crippen LogP contribution in [0.3, 0.4) is 0 Å². The molecule has 5 rings (SSSR count). The number of aliphatic hydroxyl groups excluding tert-OH is 1.